The van der Waals surface area contributed by atoms with Crippen LogP contribution in [0, 0.1) is 19.7 Å². The van der Waals surface area contributed by atoms with Gasteiger partial charge < -0.3 is 10.1 Å². The number of carbonyl (C=O) groups is 2. The minimum atomic E-state index is -0.943. The van der Waals surface area contributed by atoms with E-state index >= 15 is 0 Å². The summed E-state index contributed by atoms with van der Waals surface area (Å²) in [7, 11) is 0. The number of halogens is 2. The summed E-state index contributed by atoms with van der Waals surface area (Å²) in [4.78, 5) is 23.7. The Balaban J connectivity index is 1.97. The first-order valence-electron chi connectivity index (χ1n) is 6.86. The second-order valence-corrected chi connectivity index (χ2v) is 5.50. The summed E-state index contributed by atoms with van der Waals surface area (Å²) in [5.41, 5.74) is 2.21. The average molecular weight is 336 g/mol. The van der Waals surface area contributed by atoms with E-state index in [0.717, 1.165) is 23.3 Å². The molecule has 2 rings (SSSR count). The van der Waals surface area contributed by atoms with Gasteiger partial charge in [0, 0.05) is 10.7 Å². The van der Waals surface area contributed by atoms with E-state index < -0.39 is 24.3 Å². The molecule has 0 aromatic heterocycles. The monoisotopic (exact) mass is 335 g/mol. The number of esters is 1. The van der Waals surface area contributed by atoms with Gasteiger partial charge >= 0.3 is 5.97 Å². The molecule has 0 aliphatic rings. The topological polar surface area (TPSA) is 55.4 Å². The molecule has 1 amide bonds. The minimum absolute atomic E-state index is 0.207. The van der Waals surface area contributed by atoms with E-state index in [4.69, 9.17) is 16.3 Å². The standard InChI is InChI=1S/C17H15ClFNO3/c1-10-3-4-11(2)15(7-10)20-16(21)9-23-17(22)13-8-12(18)5-6-14(13)19/h3-8H,9H2,1-2H3,(H,20,21). The number of benzene rings is 2. The minimum Gasteiger partial charge on any atom is -0.452 e. The molecule has 0 saturated carbocycles. The van der Waals surface area contributed by atoms with Crippen molar-refractivity contribution in [3.05, 3.63) is 63.9 Å². The van der Waals surface area contributed by atoms with Gasteiger partial charge in [-0.3, -0.25) is 4.79 Å². The normalized spacial score (nSPS) is 10.3. The van der Waals surface area contributed by atoms with Crippen molar-refractivity contribution in [3.63, 3.8) is 0 Å². The maximum atomic E-state index is 13.5. The smallest absolute Gasteiger partial charge is 0.341 e. The summed E-state index contributed by atoms with van der Waals surface area (Å²) >= 11 is 5.71. The van der Waals surface area contributed by atoms with Crippen molar-refractivity contribution in [3.8, 4) is 0 Å². The summed E-state index contributed by atoms with van der Waals surface area (Å²) in [6.07, 6.45) is 0. The van der Waals surface area contributed by atoms with Crippen LogP contribution >= 0.6 is 11.6 Å². The predicted molar refractivity (Wildman–Crippen MR) is 86.2 cm³/mol. The zero-order chi connectivity index (χ0) is 17.0. The fourth-order valence-corrected chi connectivity index (χ4v) is 2.09. The number of aryl methyl sites for hydroxylation is 2. The maximum Gasteiger partial charge on any atom is 0.341 e. The van der Waals surface area contributed by atoms with Gasteiger partial charge in [-0.15, -0.1) is 0 Å². The molecular formula is C17H15ClFNO3. The summed E-state index contributed by atoms with van der Waals surface area (Å²) < 4.78 is 18.3. The van der Waals surface area contributed by atoms with Gasteiger partial charge in [-0.2, -0.15) is 0 Å². The molecular weight excluding hydrogens is 321 g/mol. The largest absolute Gasteiger partial charge is 0.452 e. The summed E-state index contributed by atoms with van der Waals surface area (Å²) in [5.74, 6) is -2.20. The van der Waals surface area contributed by atoms with Crippen LogP contribution in [0.2, 0.25) is 5.02 Å². The van der Waals surface area contributed by atoms with Crippen LogP contribution in [0.1, 0.15) is 21.5 Å². The van der Waals surface area contributed by atoms with Crippen molar-refractivity contribution in [2.45, 2.75) is 13.8 Å². The number of carbonyl (C=O) groups excluding carboxylic acids is 2. The Hall–Kier alpha value is -2.40. The fraction of sp³-hybridized carbons (Fsp3) is 0.176. The molecule has 120 valence electrons. The van der Waals surface area contributed by atoms with Crippen LogP contribution in [0.5, 0.6) is 0 Å². The van der Waals surface area contributed by atoms with Crippen LogP contribution in [0.4, 0.5) is 10.1 Å². The number of hydrogen-bond acceptors (Lipinski definition) is 3. The molecule has 0 bridgehead atoms. The predicted octanol–water partition coefficient (Wildman–Crippen LogP) is 3.89. The highest BCUT2D eigenvalue weighted by Gasteiger charge is 2.15. The van der Waals surface area contributed by atoms with Gasteiger partial charge in [0.15, 0.2) is 6.61 Å². The molecule has 23 heavy (non-hydrogen) atoms. The van der Waals surface area contributed by atoms with E-state index in [9.17, 15) is 14.0 Å². The molecule has 2 aromatic carbocycles. The van der Waals surface area contributed by atoms with Gasteiger partial charge in [-0.1, -0.05) is 23.7 Å². The number of hydrogen-bond donors (Lipinski definition) is 1. The summed E-state index contributed by atoms with van der Waals surface area (Å²) in [6.45, 7) is 3.23. The molecule has 0 saturated heterocycles. The molecule has 2 aromatic rings. The molecule has 0 unspecified atom stereocenters. The molecule has 6 heteroatoms. The molecule has 1 N–H and O–H groups in total. The van der Waals surface area contributed by atoms with Crippen molar-refractivity contribution in [2.75, 3.05) is 11.9 Å². The summed E-state index contributed by atoms with van der Waals surface area (Å²) in [5, 5.41) is 2.85. The van der Waals surface area contributed by atoms with Crippen LogP contribution in [0.25, 0.3) is 0 Å². The Bertz CT molecular complexity index is 761. The maximum absolute atomic E-state index is 13.5. The lowest BCUT2D eigenvalue weighted by molar-refractivity contribution is -0.119. The zero-order valence-corrected chi connectivity index (χ0v) is 13.4. The van der Waals surface area contributed by atoms with E-state index in [1.807, 2.05) is 32.0 Å². The molecule has 0 aliphatic heterocycles. The lowest BCUT2D eigenvalue weighted by Crippen LogP contribution is -2.21. The Morgan fingerprint density at radius 3 is 2.65 bits per heavy atom. The van der Waals surface area contributed by atoms with Crippen LogP contribution in [0.3, 0.4) is 0 Å². The molecule has 0 heterocycles. The van der Waals surface area contributed by atoms with Crippen LogP contribution < -0.4 is 5.32 Å². The van der Waals surface area contributed by atoms with E-state index in [-0.39, 0.29) is 10.6 Å². The third kappa shape index (κ3) is 4.53. The molecule has 0 aliphatic carbocycles. The van der Waals surface area contributed by atoms with E-state index in [1.165, 1.54) is 6.07 Å². The first-order valence-corrected chi connectivity index (χ1v) is 7.24. The summed E-state index contributed by atoms with van der Waals surface area (Å²) in [6, 6.07) is 9.15. The van der Waals surface area contributed by atoms with Gasteiger partial charge in [0.25, 0.3) is 5.91 Å². The highest BCUT2D eigenvalue weighted by Crippen LogP contribution is 2.17. The van der Waals surface area contributed by atoms with Gasteiger partial charge in [0.1, 0.15) is 5.82 Å². The van der Waals surface area contributed by atoms with Crippen molar-refractivity contribution in [2.24, 2.45) is 0 Å². The molecule has 0 atom stereocenters. The van der Waals surface area contributed by atoms with Gasteiger partial charge in [0.2, 0.25) is 0 Å². The quantitative estimate of drug-likeness (QED) is 0.862. The highest BCUT2D eigenvalue weighted by atomic mass is 35.5. The number of ether oxygens (including phenoxy) is 1. The molecule has 4 nitrogen and oxygen atoms in total. The molecule has 0 radical (unpaired) electrons. The SMILES string of the molecule is Cc1ccc(C)c(NC(=O)COC(=O)c2cc(Cl)ccc2F)c1. The van der Waals surface area contributed by atoms with Gasteiger partial charge in [-0.25, -0.2) is 9.18 Å². The third-order valence-corrected chi connectivity index (χ3v) is 3.38. The number of nitrogens with one attached hydrogen (secondary N) is 1. The van der Waals surface area contributed by atoms with E-state index in [1.54, 1.807) is 0 Å². The Morgan fingerprint density at radius 2 is 1.91 bits per heavy atom. The number of anilines is 1. The second-order valence-electron chi connectivity index (χ2n) is 5.07. The van der Waals surface area contributed by atoms with Crippen molar-refractivity contribution >= 4 is 29.2 Å². The Labute approximate surface area is 138 Å². The van der Waals surface area contributed by atoms with Crippen molar-refractivity contribution in [1.29, 1.82) is 0 Å². The van der Waals surface area contributed by atoms with E-state index in [2.05, 4.69) is 5.32 Å². The fourth-order valence-electron chi connectivity index (χ4n) is 1.92. The van der Waals surface area contributed by atoms with E-state index in [0.29, 0.717) is 5.69 Å². The Morgan fingerprint density at radius 1 is 1.17 bits per heavy atom. The number of rotatable bonds is 4. The lowest BCUT2D eigenvalue weighted by Gasteiger charge is -2.10. The highest BCUT2D eigenvalue weighted by molar-refractivity contribution is 6.30. The molecule has 0 spiro atoms. The first kappa shape index (κ1) is 17.0. The Kier molecular flexibility index (Phi) is 5.34. The van der Waals surface area contributed by atoms with Gasteiger partial charge in [-0.05, 0) is 49.2 Å². The van der Waals surface area contributed by atoms with Crippen molar-refractivity contribution in [1.82, 2.24) is 0 Å². The van der Waals surface area contributed by atoms with Gasteiger partial charge in [0.05, 0.1) is 5.56 Å². The average Bonchev–Trinajstić information content (AvgIpc) is 2.51. The molecule has 0 fully saturated rings. The number of amides is 1. The van der Waals surface area contributed by atoms with Crippen LogP contribution in [0.15, 0.2) is 36.4 Å². The lowest BCUT2D eigenvalue weighted by atomic mass is 10.1. The third-order valence-electron chi connectivity index (χ3n) is 3.15. The first-order chi connectivity index (χ1) is 10.9. The van der Waals surface area contributed by atoms with Crippen LogP contribution in [-0.2, 0) is 9.53 Å². The van der Waals surface area contributed by atoms with Crippen LogP contribution in [-0.4, -0.2) is 18.5 Å². The van der Waals surface area contributed by atoms with Crippen molar-refractivity contribution < 1.29 is 18.7 Å². The zero-order valence-electron chi connectivity index (χ0n) is 12.7. The second kappa shape index (κ2) is 7.24.